The molecule has 0 radical (unpaired) electrons. The van der Waals surface area contributed by atoms with Gasteiger partial charge in [0.25, 0.3) is 0 Å². The maximum Gasteiger partial charge on any atom is 2.00 e. The van der Waals surface area contributed by atoms with Gasteiger partial charge in [-0.25, -0.2) is 33.6 Å². The van der Waals surface area contributed by atoms with Crippen LogP contribution in [0.25, 0.3) is 0 Å². The van der Waals surface area contributed by atoms with Gasteiger partial charge in [0.1, 0.15) is 42.7 Å². The normalized spacial score (nSPS) is 13.4. The number of carbonyl (C=O) groups excluding carboxylic acids is 2. The Morgan fingerprint density at radius 1 is 0.273 bits per heavy atom. The number of carboxylic acids is 9. The number of rotatable bonds is 9. The first-order valence-electron chi connectivity index (χ1n) is 13.9. The molecule has 0 heterocycles. The van der Waals surface area contributed by atoms with Crippen LogP contribution in [0.2, 0.25) is 0 Å². The summed E-state index contributed by atoms with van der Waals surface area (Å²) in [4.78, 5) is 84.8. The van der Waals surface area contributed by atoms with E-state index in [-0.39, 0.29) is 37.7 Å². The third kappa shape index (κ3) is 112. The van der Waals surface area contributed by atoms with Crippen molar-refractivity contribution in [2.45, 2.75) is 117 Å². The number of carbonyl (C=O) groups is 9. The Balaban J connectivity index is -0.0000000517. The third-order valence-corrected chi connectivity index (χ3v) is 3.18. The first-order chi connectivity index (χ1) is 23.8. The van der Waals surface area contributed by atoms with Crippen molar-refractivity contribution in [3.8, 4) is 0 Å². The Hall–Kier alpha value is -3.87. The van der Waals surface area contributed by atoms with Gasteiger partial charge in [-0.2, -0.15) is 0 Å². The minimum absolute atomic E-state index is 0. The summed E-state index contributed by atoms with van der Waals surface area (Å²) in [5.41, 5.74) is 0. The minimum Gasteiger partial charge on any atom is -0.547 e. The number of aliphatic hydroxyl groups excluding tert-OH is 9. The van der Waals surface area contributed by atoms with Crippen LogP contribution in [-0.2, 0) is 43.2 Å². The number of aliphatic hydroxyl groups is 9. The van der Waals surface area contributed by atoms with Crippen LogP contribution in [-0.4, -0.2) is 228 Å². The van der Waals surface area contributed by atoms with Crippen molar-refractivity contribution in [1.29, 1.82) is 0 Å². The van der Waals surface area contributed by atoms with Crippen LogP contribution in [0, 0.1) is 0 Å². The van der Waals surface area contributed by atoms with Gasteiger partial charge in [0.2, 0.25) is 0 Å². The maximum atomic E-state index is 9.45. The number of hydrogen-bond acceptors (Lipinski definition) is 20. The Morgan fingerprint density at radius 3 is 0.309 bits per heavy atom. The average Bonchev–Trinajstić information content (AvgIpc) is 2.99. The molecule has 0 rings (SSSR count). The van der Waals surface area contributed by atoms with Gasteiger partial charge < -0.3 is 102 Å². The van der Waals surface area contributed by atoms with Gasteiger partial charge in [0.15, 0.2) is 0 Å². The zero-order valence-corrected chi connectivity index (χ0v) is 33.3. The van der Waals surface area contributed by atoms with Crippen LogP contribution in [0.4, 0.5) is 0 Å². The SMILES string of the molecule is CC(O)C(=O)O.CC(O)C(=O)O.CC(O)C(=O)O.CC(O)C(=O)O.CC(O)C(=O)O.CC(O)C(=O)O.CC(O)C(=O)O.CC(O)C(=O)[O-].CC(O)C(=O)[O-].[Ca+2]. The zero-order valence-electron chi connectivity index (χ0n) is 31.0. The molecule has 0 aromatic heterocycles. The molecule has 55 heavy (non-hydrogen) atoms. The van der Waals surface area contributed by atoms with E-state index >= 15 is 0 Å². The van der Waals surface area contributed by atoms with Crippen LogP contribution in [0.5, 0.6) is 0 Å². The molecule has 0 amide bonds. The Bertz CT molecular complexity index is 778. The second-order valence-corrected chi connectivity index (χ2v) is 9.09. The van der Waals surface area contributed by atoms with Gasteiger partial charge in [-0.05, 0) is 62.3 Å². The van der Waals surface area contributed by atoms with Gasteiger partial charge in [0.05, 0.1) is 24.1 Å². The van der Waals surface area contributed by atoms with Gasteiger partial charge in [0, 0.05) is 0 Å². The first-order valence-corrected chi connectivity index (χ1v) is 13.9. The molecular weight excluding hydrogens is 796 g/mol. The first kappa shape index (κ1) is 76.0. The van der Waals surface area contributed by atoms with Gasteiger partial charge in [-0.1, -0.05) is 0 Å². The molecule has 9 unspecified atom stereocenters. The van der Waals surface area contributed by atoms with Crippen LogP contribution in [0.1, 0.15) is 62.3 Å². The van der Waals surface area contributed by atoms with Crippen LogP contribution < -0.4 is 10.2 Å². The average molecular weight is 849 g/mol. The summed E-state index contributed by atoms with van der Waals surface area (Å²) >= 11 is 0. The minimum atomic E-state index is -1.44. The number of hydrogen-bond donors (Lipinski definition) is 16. The van der Waals surface area contributed by atoms with Crippen molar-refractivity contribution in [2.75, 3.05) is 0 Å². The molecule has 9 atom stereocenters. The monoisotopic (exact) mass is 848 g/mol. The molecular formula is C27H52CaO27. The molecule has 0 bridgehead atoms. The van der Waals surface area contributed by atoms with E-state index < -0.39 is 109 Å². The molecule has 0 saturated carbocycles. The van der Waals surface area contributed by atoms with E-state index in [0.717, 1.165) is 13.8 Å². The van der Waals surface area contributed by atoms with Crippen molar-refractivity contribution in [2.24, 2.45) is 0 Å². The third-order valence-electron chi connectivity index (χ3n) is 3.18. The molecule has 0 spiro atoms. The fourth-order valence-corrected chi connectivity index (χ4v) is 0. The van der Waals surface area contributed by atoms with Gasteiger partial charge in [-0.3, -0.25) is 0 Å². The van der Waals surface area contributed by atoms with E-state index in [1.807, 2.05) is 0 Å². The molecule has 0 saturated heterocycles. The fraction of sp³-hybridized carbons (Fsp3) is 0.667. The summed E-state index contributed by atoms with van der Waals surface area (Å²) in [6.07, 6.45) is -11.3. The van der Waals surface area contributed by atoms with E-state index in [9.17, 15) is 53.4 Å². The molecule has 0 aliphatic carbocycles. The molecule has 0 aliphatic rings. The standard InChI is InChI=1S/9C3H6O3.Ca/c9*1-2(4)3(5)6;/h9*2,4H,1H3,(H,5,6);/q;;;;;;;;;+2/p-2. The van der Waals surface area contributed by atoms with Crippen LogP contribution >= 0.6 is 0 Å². The molecule has 0 aromatic rings. The summed E-state index contributed by atoms with van der Waals surface area (Å²) in [6, 6.07) is 0. The van der Waals surface area contributed by atoms with E-state index in [2.05, 4.69) is 0 Å². The van der Waals surface area contributed by atoms with Gasteiger partial charge in [-0.15, -0.1) is 0 Å². The van der Waals surface area contributed by atoms with Crippen LogP contribution in [0.3, 0.4) is 0 Å². The van der Waals surface area contributed by atoms with Crippen LogP contribution in [0.15, 0.2) is 0 Å². The summed E-state index contributed by atoms with van der Waals surface area (Å²) in [7, 11) is 0. The Morgan fingerprint density at radius 2 is 0.309 bits per heavy atom. The quantitative estimate of drug-likeness (QED) is 0.0958. The van der Waals surface area contributed by atoms with E-state index in [4.69, 9.17) is 81.7 Å². The smallest absolute Gasteiger partial charge is 0.547 e. The molecule has 0 aromatic carbocycles. The molecule has 28 heteroatoms. The summed E-state index contributed by atoms with van der Waals surface area (Å²) in [5, 5.41) is 145. The maximum absolute atomic E-state index is 9.45. The van der Waals surface area contributed by atoms with Gasteiger partial charge >= 0.3 is 79.5 Å². The summed E-state index contributed by atoms with van der Waals surface area (Å²) in [6.45, 7) is 10.6. The van der Waals surface area contributed by atoms with Crippen molar-refractivity contribution in [3.05, 3.63) is 0 Å². The summed E-state index contributed by atoms with van der Waals surface area (Å²) in [5.74, 6) is -11.2. The van der Waals surface area contributed by atoms with Crippen molar-refractivity contribution < 1.29 is 135 Å². The molecule has 16 N–H and O–H groups in total. The van der Waals surface area contributed by atoms with E-state index in [1.54, 1.807) is 0 Å². The predicted octanol–water partition coefficient (Wildman–Crippen LogP) is -7.98. The molecule has 324 valence electrons. The molecule has 0 fully saturated rings. The summed E-state index contributed by atoms with van der Waals surface area (Å²) < 4.78 is 0. The fourth-order valence-electron chi connectivity index (χ4n) is 0. The molecule has 27 nitrogen and oxygen atoms in total. The van der Waals surface area contributed by atoms with Crippen molar-refractivity contribution >= 4 is 91.5 Å². The van der Waals surface area contributed by atoms with E-state index in [1.165, 1.54) is 48.5 Å². The number of aliphatic carboxylic acids is 9. The zero-order chi connectivity index (χ0) is 46.4. The number of carboxylic acid groups (broad SMARTS) is 9. The topological polar surface area (TPSA) is 523 Å². The Labute approximate surface area is 342 Å². The van der Waals surface area contributed by atoms with Crippen molar-refractivity contribution in [1.82, 2.24) is 0 Å². The largest absolute Gasteiger partial charge is 2.00 e. The predicted molar refractivity (Wildman–Crippen MR) is 174 cm³/mol. The second-order valence-electron chi connectivity index (χ2n) is 9.09. The molecule has 0 aliphatic heterocycles. The Kier molecular flexibility index (Phi) is 66.5. The van der Waals surface area contributed by atoms with Crippen molar-refractivity contribution in [3.63, 3.8) is 0 Å². The second kappa shape index (κ2) is 48.1. The van der Waals surface area contributed by atoms with E-state index in [0.29, 0.717) is 0 Å².